The Morgan fingerprint density at radius 3 is 2.65 bits per heavy atom. The van der Waals surface area contributed by atoms with Crippen molar-refractivity contribution >= 4 is 23.6 Å². The minimum atomic E-state index is -1.37. The average molecular weight is 293 g/mol. The largest absolute Gasteiger partial charge is 0.545 e. The van der Waals surface area contributed by atoms with Crippen LogP contribution in [0.3, 0.4) is 0 Å². The van der Waals surface area contributed by atoms with Gasteiger partial charge in [-0.1, -0.05) is 23.7 Å². The Morgan fingerprint density at radius 1 is 1.30 bits per heavy atom. The zero-order valence-electron chi connectivity index (χ0n) is 9.91. The van der Waals surface area contributed by atoms with Gasteiger partial charge in [-0.25, -0.2) is 0 Å². The minimum absolute atomic E-state index is 0.0290. The van der Waals surface area contributed by atoms with Crippen LogP contribution in [0.15, 0.2) is 40.9 Å². The first kappa shape index (κ1) is 13.8. The molecule has 0 fully saturated rings. The molecule has 6 nitrogen and oxygen atoms in total. The molecular weight excluding hydrogens is 286 g/mol. The Kier molecular flexibility index (Phi) is 3.86. The van der Waals surface area contributed by atoms with Crippen LogP contribution in [0.4, 0.5) is 0 Å². The first-order valence-corrected chi connectivity index (χ1v) is 5.78. The average Bonchev–Trinajstić information content (AvgIpc) is 2.84. The van der Waals surface area contributed by atoms with E-state index in [2.05, 4.69) is 0 Å². The molecule has 7 heteroatoms. The third kappa shape index (κ3) is 3.04. The number of nitrogens with zero attached hydrogens (tertiary/aromatic N) is 1. The normalized spacial score (nSPS) is 10.8. The van der Waals surface area contributed by atoms with Gasteiger partial charge in [-0.15, -0.1) is 0 Å². The van der Waals surface area contributed by atoms with Crippen molar-refractivity contribution in [2.75, 3.05) is 0 Å². The van der Waals surface area contributed by atoms with E-state index in [1.807, 2.05) is 0 Å². The summed E-state index contributed by atoms with van der Waals surface area (Å²) in [6, 6.07) is 7.39. The molecule has 2 rings (SSSR count). The summed E-state index contributed by atoms with van der Waals surface area (Å²) < 4.78 is 5.36. The van der Waals surface area contributed by atoms with Crippen molar-refractivity contribution in [3.8, 4) is 11.3 Å². The molecule has 0 bridgehead atoms. The molecule has 0 aliphatic rings. The monoisotopic (exact) mass is 292 g/mol. The van der Waals surface area contributed by atoms with E-state index in [0.29, 0.717) is 17.1 Å². The van der Waals surface area contributed by atoms with Gasteiger partial charge in [0.2, 0.25) is 6.20 Å². The van der Waals surface area contributed by atoms with E-state index >= 15 is 0 Å². The molecule has 0 aliphatic carbocycles. The molecule has 0 N–H and O–H groups in total. The summed E-state index contributed by atoms with van der Waals surface area (Å²) in [6.07, 6.45) is 1.97. The summed E-state index contributed by atoms with van der Waals surface area (Å²) in [5, 5.41) is 21.0. The maximum Gasteiger partial charge on any atom is 0.238 e. The number of benzene rings is 1. The number of halogens is 1. The fourth-order valence-electron chi connectivity index (χ4n) is 1.57. The topological polar surface area (TPSA) is 96.4 Å². The lowest BCUT2D eigenvalue weighted by molar-refractivity contribution is -0.401. The summed E-state index contributed by atoms with van der Waals surface area (Å²) in [4.78, 5) is 20.3. The molecule has 1 aromatic heterocycles. The van der Waals surface area contributed by atoms with Crippen LogP contribution in [-0.2, 0) is 0 Å². The SMILES string of the molecule is O=C([O-])c1ccc(-c2ccc(/C=C/[N+](=O)[O-])o2)cc1Cl. The van der Waals surface area contributed by atoms with Crippen LogP contribution in [0, 0.1) is 10.1 Å². The molecule has 0 atom stereocenters. The lowest BCUT2D eigenvalue weighted by atomic mass is 10.1. The minimum Gasteiger partial charge on any atom is -0.545 e. The zero-order valence-corrected chi connectivity index (χ0v) is 10.7. The Balaban J connectivity index is 2.31. The highest BCUT2D eigenvalue weighted by atomic mass is 35.5. The van der Waals surface area contributed by atoms with E-state index in [4.69, 9.17) is 16.0 Å². The number of hydrogen-bond donors (Lipinski definition) is 0. The first-order valence-electron chi connectivity index (χ1n) is 5.40. The standard InChI is InChI=1S/C13H8ClNO5/c14-11-7-8(1-3-10(11)13(16)17)12-4-2-9(20-12)5-6-15(18)19/h1-7H,(H,16,17)/p-1/b6-5+. The molecule has 0 aliphatic heterocycles. The van der Waals surface area contributed by atoms with Crippen molar-refractivity contribution in [2.45, 2.75) is 0 Å². The summed E-state index contributed by atoms with van der Waals surface area (Å²) in [7, 11) is 0. The van der Waals surface area contributed by atoms with E-state index in [1.165, 1.54) is 24.3 Å². The van der Waals surface area contributed by atoms with Crippen molar-refractivity contribution in [1.29, 1.82) is 0 Å². The molecule has 1 heterocycles. The highest BCUT2D eigenvalue weighted by Gasteiger charge is 2.08. The van der Waals surface area contributed by atoms with Crippen LogP contribution in [-0.4, -0.2) is 10.9 Å². The van der Waals surface area contributed by atoms with E-state index in [0.717, 1.165) is 6.20 Å². The lowest BCUT2D eigenvalue weighted by Crippen LogP contribution is -2.22. The third-order valence-corrected chi connectivity index (χ3v) is 2.77. The van der Waals surface area contributed by atoms with Crippen molar-refractivity contribution in [3.05, 3.63) is 63.0 Å². The lowest BCUT2D eigenvalue weighted by Gasteiger charge is -2.06. The molecule has 0 unspecified atom stereocenters. The van der Waals surface area contributed by atoms with Crippen LogP contribution in [0.5, 0.6) is 0 Å². The molecule has 2 aromatic rings. The van der Waals surface area contributed by atoms with Gasteiger partial charge < -0.3 is 14.3 Å². The van der Waals surface area contributed by atoms with E-state index in [-0.39, 0.29) is 10.6 Å². The van der Waals surface area contributed by atoms with Gasteiger partial charge in [0, 0.05) is 11.1 Å². The number of carbonyl (C=O) groups is 1. The fourth-order valence-corrected chi connectivity index (χ4v) is 1.82. The molecule has 1 aromatic carbocycles. The van der Waals surface area contributed by atoms with Crippen LogP contribution >= 0.6 is 11.6 Å². The predicted octanol–water partition coefficient (Wildman–Crippen LogP) is 2.21. The molecular formula is C13H7ClNO5-. The molecule has 0 spiro atoms. The van der Waals surface area contributed by atoms with E-state index in [1.54, 1.807) is 12.1 Å². The van der Waals surface area contributed by atoms with Gasteiger partial charge >= 0.3 is 0 Å². The Labute approximate surface area is 118 Å². The van der Waals surface area contributed by atoms with E-state index < -0.39 is 10.9 Å². The second kappa shape index (κ2) is 5.58. The number of hydrogen-bond acceptors (Lipinski definition) is 5. The molecule has 0 amide bonds. The molecule has 0 radical (unpaired) electrons. The van der Waals surface area contributed by atoms with Gasteiger partial charge in [-0.2, -0.15) is 0 Å². The maximum atomic E-state index is 10.7. The van der Waals surface area contributed by atoms with Gasteiger partial charge in [0.15, 0.2) is 0 Å². The van der Waals surface area contributed by atoms with Gasteiger partial charge in [-0.05, 0) is 18.2 Å². The predicted molar refractivity (Wildman–Crippen MR) is 69.5 cm³/mol. The fraction of sp³-hybridized carbons (Fsp3) is 0. The van der Waals surface area contributed by atoms with Crippen LogP contribution in [0.25, 0.3) is 17.4 Å². The second-order valence-electron chi connectivity index (χ2n) is 3.79. The second-order valence-corrected chi connectivity index (χ2v) is 4.19. The first-order chi connectivity index (χ1) is 9.47. The zero-order chi connectivity index (χ0) is 14.7. The Hall–Kier alpha value is -2.60. The summed E-state index contributed by atoms with van der Waals surface area (Å²) >= 11 is 5.82. The smallest absolute Gasteiger partial charge is 0.238 e. The number of carboxylic acid groups (broad SMARTS) is 1. The summed E-state index contributed by atoms with van der Waals surface area (Å²) in [5.74, 6) is -0.646. The van der Waals surface area contributed by atoms with Crippen molar-refractivity contribution < 1.29 is 19.2 Å². The van der Waals surface area contributed by atoms with Gasteiger partial charge in [0.1, 0.15) is 11.5 Å². The number of carboxylic acids is 1. The highest BCUT2D eigenvalue weighted by Crippen LogP contribution is 2.27. The number of rotatable bonds is 4. The van der Waals surface area contributed by atoms with Crippen LogP contribution in [0.2, 0.25) is 5.02 Å². The van der Waals surface area contributed by atoms with Gasteiger partial charge in [0.05, 0.1) is 22.0 Å². The van der Waals surface area contributed by atoms with Crippen molar-refractivity contribution in [1.82, 2.24) is 0 Å². The maximum absolute atomic E-state index is 10.7. The molecule has 102 valence electrons. The van der Waals surface area contributed by atoms with Gasteiger partial charge in [0.25, 0.3) is 0 Å². The van der Waals surface area contributed by atoms with E-state index in [9.17, 15) is 20.0 Å². The molecule has 20 heavy (non-hydrogen) atoms. The van der Waals surface area contributed by atoms with Crippen LogP contribution in [0.1, 0.15) is 16.1 Å². The Morgan fingerprint density at radius 2 is 2.05 bits per heavy atom. The van der Waals surface area contributed by atoms with Gasteiger partial charge in [-0.3, -0.25) is 10.1 Å². The Bertz CT molecular complexity index is 705. The number of carbonyl (C=O) groups excluding carboxylic acids is 1. The third-order valence-electron chi connectivity index (χ3n) is 2.46. The number of furan rings is 1. The highest BCUT2D eigenvalue weighted by molar-refractivity contribution is 6.33. The van der Waals surface area contributed by atoms with Crippen LogP contribution < -0.4 is 5.11 Å². The number of nitro groups is 1. The summed E-state index contributed by atoms with van der Waals surface area (Å²) in [6.45, 7) is 0. The van der Waals surface area contributed by atoms with Crippen molar-refractivity contribution in [3.63, 3.8) is 0 Å². The number of aromatic carboxylic acids is 1. The molecule has 0 saturated heterocycles. The van der Waals surface area contributed by atoms with Crippen molar-refractivity contribution in [2.24, 2.45) is 0 Å². The quantitative estimate of drug-likeness (QED) is 0.636. The molecule has 0 saturated carbocycles. The summed E-state index contributed by atoms with van der Waals surface area (Å²) in [5.41, 5.74) is 0.441.